The number of nitrogens with zero attached hydrogens (tertiary/aromatic N) is 3. The number of carbonyl (C=O) groups is 1. The van der Waals surface area contributed by atoms with Gasteiger partial charge in [0.1, 0.15) is 11.5 Å². The highest BCUT2D eigenvalue weighted by molar-refractivity contribution is 6.27. The fourth-order valence-electron chi connectivity index (χ4n) is 4.65. The number of allylic oxidation sites excluding steroid dienone is 2. The fourth-order valence-corrected chi connectivity index (χ4v) is 4.65. The van der Waals surface area contributed by atoms with Crippen molar-refractivity contribution in [3.63, 3.8) is 0 Å². The lowest BCUT2D eigenvalue weighted by atomic mass is 9.93. The second kappa shape index (κ2) is 11.5. The summed E-state index contributed by atoms with van der Waals surface area (Å²) in [6, 6.07) is 16.8. The number of aliphatic imine (C=N–C) groups is 1. The van der Waals surface area contributed by atoms with Crippen molar-refractivity contribution < 1.29 is 9.90 Å². The summed E-state index contributed by atoms with van der Waals surface area (Å²) in [5.41, 5.74) is 5.54. The normalized spacial score (nSPS) is 15.4. The molecule has 0 radical (unpaired) electrons. The smallest absolute Gasteiger partial charge is 0.209 e. The number of carbonyl (C=O) groups excluding carboxylic acids is 1. The highest BCUT2D eigenvalue weighted by Gasteiger charge is 2.29. The second-order valence-electron chi connectivity index (χ2n) is 9.71. The summed E-state index contributed by atoms with van der Waals surface area (Å²) in [4.78, 5) is 22.4. The first-order valence-electron chi connectivity index (χ1n) is 12.8. The molecule has 1 aliphatic rings. The van der Waals surface area contributed by atoms with Crippen LogP contribution in [0.15, 0.2) is 76.1 Å². The van der Waals surface area contributed by atoms with Gasteiger partial charge in [0.2, 0.25) is 5.78 Å². The van der Waals surface area contributed by atoms with Crippen LogP contribution in [0, 0.1) is 0 Å². The molecule has 0 saturated carbocycles. The lowest BCUT2D eigenvalue weighted by molar-refractivity contribution is -0.112. The molecule has 36 heavy (non-hydrogen) atoms. The maximum atomic E-state index is 13.1. The molecule has 0 fully saturated rings. The molecule has 2 aromatic rings. The maximum Gasteiger partial charge on any atom is 0.209 e. The molecule has 2 N–H and O–H groups in total. The van der Waals surface area contributed by atoms with E-state index >= 15 is 0 Å². The van der Waals surface area contributed by atoms with E-state index in [4.69, 9.17) is 4.99 Å². The van der Waals surface area contributed by atoms with Gasteiger partial charge in [0.25, 0.3) is 0 Å². The lowest BCUT2D eigenvalue weighted by Gasteiger charge is -2.28. The van der Waals surface area contributed by atoms with Gasteiger partial charge in [-0.25, -0.2) is 4.99 Å². The van der Waals surface area contributed by atoms with E-state index in [0.717, 1.165) is 35.8 Å². The molecule has 0 aliphatic heterocycles. The van der Waals surface area contributed by atoms with E-state index in [1.165, 1.54) is 0 Å². The molecule has 3 rings (SSSR count). The van der Waals surface area contributed by atoms with Crippen molar-refractivity contribution in [2.24, 2.45) is 4.99 Å². The third-order valence-corrected chi connectivity index (χ3v) is 6.70. The molecular formula is C30H40N4O2. The van der Waals surface area contributed by atoms with Crippen molar-refractivity contribution in [3.8, 4) is 0 Å². The molecular weight excluding hydrogens is 448 g/mol. The first kappa shape index (κ1) is 27.1. The van der Waals surface area contributed by atoms with E-state index in [-0.39, 0.29) is 17.1 Å². The minimum absolute atomic E-state index is 0.0737. The molecule has 2 aromatic carbocycles. The van der Waals surface area contributed by atoms with Crippen molar-refractivity contribution in [1.82, 2.24) is 0 Å². The monoisotopic (exact) mass is 488 g/mol. The van der Waals surface area contributed by atoms with Gasteiger partial charge >= 0.3 is 0 Å². The van der Waals surface area contributed by atoms with E-state index in [1.807, 2.05) is 43.3 Å². The van der Waals surface area contributed by atoms with E-state index in [2.05, 4.69) is 68.8 Å². The van der Waals surface area contributed by atoms with Gasteiger partial charge < -0.3 is 20.2 Å². The summed E-state index contributed by atoms with van der Waals surface area (Å²) >= 11 is 0. The third kappa shape index (κ3) is 5.64. The third-order valence-electron chi connectivity index (χ3n) is 6.70. The van der Waals surface area contributed by atoms with Crippen molar-refractivity contribution >= 4 is 34.2 Å². The summed E-state index contributed by atoms with van der Waals surface area (Å²) in [7, 11) is 0. The van der Waals surface area contributed by atoms with Crippen LogP contribution < -0.4 is 15.1 Å². The van der Waals surface area contributed by atoms with Gasteiger partial charge in [-0.05, 0) is 104 Å². The van der Waals surface area contributed by atoms with Crippen molar-refractivity contribution in [1.29, 1.82) is 0 Å². The zero-order valence-electron chi connectivity index (χ0n) is 22.9. The number of aliphatic hydroxyl groups excluding tert-OH is 1. The number of anilines is 3. The van der Waals surface area contributed by atoms with Crippen LogP contribution in [0.25, 0.3) is 0 Å². The Morgan fingerprint density at radius 2 is 1.28 bits per heavy atom. The highest BCUT2D eigenvalue weighted by atomic mass is 16.3. The van der Waals surface area contributed by atoms with Gasteiger partial charge in [-0.15, -0.1) is 0 Å². The van der Waals surface area contributed by atoms with Gasteiger partial charge in [-0.1, -0.05) is 0 Å². The maximum absolute atomic E-state index is 13.1. The Morgan fingerprint density at radius 3 is 1.72 bits per heavy atom. The van der Waals surface area contributed by atoms with Crippen LogP contribution in [-0.4, -0.2) is 41.8 Å². The minimum Gasteiger partial charge on any atom is -0.505 e. The molecule has 0 atom stereocenters. The predicted molar refractivity (Wildman–Crippen MR) is 153 cm³/mol. The summed E-state index contributed by atoms with van der Waals surface area (Å²) in [5.74, 6) is -0.299. The van der Waals surface area contributed by atoms with Crippen LogP contribution in [-0.2, 0) is 4.79 Å². The van der Waals surface area contributed by atoms with Gasteiger partial charge in [0.05, 0.1) is 11.4 Å². The summed E-state index contributed by atoms with van der Waals surface area (Å²) in [6.45, 7) is 18.3. The van der Waals surface area contributed by atoms with E-state index < -0.39 is 0 Å². The Kier molecular flexibility index (Phi) is 8.62. The van der Waals surface area contributed by atoms with E-state index in [0.29, 0.717) is 29.1 Å². The van der Waals surface area contributed by atoms with Gasteiger partial charge in [-0.3, -0.25) is 4.79 Å². The largest absolute Gasteiger partial charge is 0.505 e. The quantitative estimate of drug-likeness (QED) is 0.371. The second-order valence-corrected chi connectivity index (χ2v) is 9.71. The van der Waals surface area contributed by atoms with Crippen molar-refractivity contribution in [2.75, 3.05) is 28.2 Å². The molecule has 6 heteroatoms. The molecule has 0 saturated heterocycles. The predicted octanol–water partition coefficient (Wildman–Crippen LogP) is 7.03. The number of Topliss-reactive ketones (excluding diaryl/α,β-unsaturated/α-hetero) is 1. The molecule has 0 aromatic heterocycles. The average Bonchev–Trinajstić information content (AvgIpc) is 2.85. The topological polar surface area (TPSA) is 68.2 Å². The Balaban J connectivity index is 1.92. The SMILES string of the molecule is CCN(c1ccc(/N=C2\C(C)=C(Nc3ccc(N(CC)C(C)C)cc3)C(=O)C(C)=C2O)cc1)C(C)C. The van der Waals surface area contributed by atoms with E-state index in [9.17, 15) is 9.90 Å². The number of ketones is 1. The van der Waals surface area contributed by atoms with Crippen LogP contribution in [0.4, 0.5) is 22.7 Å². The Morgan fingerprint density at radius 1 is 0.806 bits per heavy atom. The highest BCUT2D eigenvalue weighted by Crippen LogP contribution is 2.29. The van der Waals surface area contributed by atoms with E-state index in [1.54, 1.807) is 6.92 Å². The van der Waals surface area contributed by atoms with Gasteiger partial charge in [0.15, 0.2) is 0 Å². The summed E-state index contributed by atoms with van der Waals surface area (Å²) in [6.07, 6.45) is 0. The molecule has 6 nitrogen and oxygen atoms in total. The zero-order chi connectivity index (χ0) is 26.6. The van der Waals surface area contributed by atoms with Crippen LogP contribution >= 0.6 is 0 Å². The molecule has 0 spiro atoms. The van der Waals surface area contributed by atoms with Crippen LogP contribution in [0.3, 0.4) is 0 Å². The number of hydrogen-bond donors (Lipinski definition) is 2. The number of nitrogens with one attached hydrogen (secondary N) is 1. The number of aliphatic hydroxyl groups is 1. The Labute approximate surface area is 216 Å². The number of rotatable bonds is 9. The lowest BCUT2D eigenvalue weighted by Crippen LogP contribution is -2.30. The number of benzene rings is 2. The molecule has 1 aliphatic carbocycles. The summed E-state index contributed by atoms with van der Waals surface area (Å²) < 4.78 is 0. The molecule has 0 unspecified atom stereocenters. The van der Waals surface area contributed by atoms with Crippen LogP contribution in [0.1, 0.15) is 55.4 Å². The Hall–Kier alpha value is -3.54. The standard InChI is InChI=1S/C30H40N4O2/c1-9-33(19(3)4)25-15-11-23(12-16-25)31-27-21(7)28(30(36)22(8)29(27)35)32-24-13-17-26(18-14-24)34(10-2)20(5)6/h11-20,31,36H,9-10H2,1-8H3/b32-28+. The first-order valence-corrected chi connectivity index (χ1v) is 12.8. The first-order chi connectivity index (χ1) is 17.1. The number of hydrogen-bond acceptors (Lipinski definition) is 6. The van der Waals surface area contributed by atoms with Gasteiger partial charge in [-0.2, -0.15) is 0 Å². The zero-order valence-corrected chi connectivity index (χ0v) is 22.9. The van der Waals surface area contributed by atoms with Crippen LogP contribution in [0.2, 0.25) is 0 Å². The summed E-state index contributed by atoms with van der Waals surface area (Å²) in [5, 5.41) is 14.1. The average molecular weight is 489 g/mol. The fraction of sp³-hybridized carbons (Fsp3) is 0.400. The van der Waals surface area contributed by atoms with Crippen LogP contribution in [0.5, 0.6) is 0 Å². The van der Waals surface area contributed by atoms with Crippen molar-refractivity contribution in [2.45, 2.75) is 67.5 Å². The Bertz CT molecular complexity index is 1170. The minimum atomic E-state index is -0.226. The molecule has 192 valence electrons. The van der Waals surface area contributed by atoms with Crippen molar-refractivity contribution in [3.05, 3.63) is 71.1 Å². The molecule has 0 bridgehead atoms. The van der Waals surface area contributed by atoms with Gasteiger partial charge in [0, 0.05) is 53.4 Å². The molecule has 0 amide bonds. The molecule has 0 heterocycles.